The summed E-state index contributed by atoms with van der Waals surface area (Å²) >= 11 is 0. The molecule has 0 N–H and O–H groups in total. The Morgan fingerprint density at radius 2 is 1.91 bits per heavy atom. The molecule has 1 aliphatic carbocycles. The zero-order valence-electron chi connectivity index (χ0n) is 6.49. The Morgan fingerprint density at radius 3 is 2.45 bits per heavy atom. The molecule has 0 aromatic carbocycles. The fourth-order valence-electron chi connectivity index (χ4n) is 1.58. The van der Waals surface area contributed by atoms with Gasteiger partial charge < -0.3 is 0 Å². The maximum atomic E-state index is 11.4. The van der Waals surface area contributed by atoms with Crippen molar-refractivity contribution in [1.82, 2.24) is 4.31 Å². The molecule has 2 fully saturated rings. The van der Waals surface area contributed by atoms with E-state index in [4.69, 9.17) is 0 Å². The van der Waals surface area contributed by atoms with E-state index >= 15 is 0 Å². The molecule has 0 aromatic heterocycles. The molecule has 2 aliphatic rings. The third-order valence-electron chi connectivity index (χ3n) is 2.34. The average molecular weight is 175 g/mol. The molecule has 0 atom stereocenters. The van der Waals surface area contributed by atoms with Gasteiger partial charge in [0, 0.05) is 12.6 Å². The van der Waals surface area contributed by atoms with E-state index in [1.165, 1.54) is 0 Å². The van der Waals surface area contributed by atoms with Crippen molar-refractivity contribution in [1.29, 1.82) is 0 Å². The van der Waals surface area contributed by atoms with E-state index in [0.29, 0.717) is 11.8 Å². The first-order valence-electron chi connectivity index (χ1n) is 4.20. The van der Waals surface area contributed by atoms with Gasteiger partial charge in [-0.1, -0.05) is 0 Å². The van der Waals surface area contributed by atoms with Crippen LogP contribution in [0.1, 0.15) is 25.7 Å². The number of hydrogen-bond acceptors (Lipinski definition) is 2. The number of rotatable bonds is 1. The van der Waals surface area contributed by atoms with Gasteiger partial charge in [0.05, 0.1) is 5.75 Å². The Labute approximate surface area is 67.4 Å². The normalized spacial score (nSPS) is 32.0. The second kappa shape index (κ2) is 2.45. The van der Waals surface area contributed by atoms with Crippen LogP contribution in [-0.4, -0.2) is 31.1 Å². The maximum absolute atomic E-state index is 11.4. The van der Waals surface area contributed by atoms with Gasteiger partial charge >= 0.3 is 0 Å². The lowest BCUT2D eigenvalue weighted by atomic mass is 10.3. The van der Waals surface area contributed by atoms with Crippen LogP contribution in [0, 0.1) is 0 Å². The topological polar surface area (TPSA) is 37.4 Å². The summed E-state index contributed by atoms with van der Waals surface area (Å²) in [5, 5.41) is 0. The Bertz CT molecular complexity index is 243. The van der Waals surface area contributed by atoms with Crippen molar-refractivity contribution in [3.8, 4) is 0 Å². The van der Waals surface area contributed by atoms with Crippen LogP contribution in [0.15, 0.2) is 0 Å². The molecule has 4 heteroatoms. The highest BCUT2D eigenvalue weighted by Crippen LogP contribution is 2.31. The van der Waals surface area contributed by atoms with E-state index in [1.54, 1.807) is 4.31 Å². The van der Waals surface area contributed by atoms with Crippen molar-refractivity contribution in [3.63, 3.8) is 0 Å². The largest absolute Gasteiger partial charge is 0.214 e. The molecule has 64 valence electrons. The standard InChI is InChI=1S/C7H13NO2S/c9-11(10)6-2-1-5-8(11)7-3-4-7/h7H,1-6H2. The summed E-state index contributed by atoms with van der Waals surface area (Å²) in [7, 11) is -2.83. The van der Waals surface area contributed by atoms with Crippen molar-refractivity contribution < 1.29 is 8.42 Å². The minimum Gasteiger partial charge on any atom is -0.212 e. The molecular formula is C7H13NO2S. The summed E-state index contributed by atoms with van der Waals surface area (Å²) in [6, 6.07) is 0.375. The number of sulfonamides is 1. The molecule has 1 heterocycles. The summed E-state index contributed by atoms with van der Waals surface area (Å²) in [6.45, 7) is 0.771. The van der Waals surface area contributed by atoms with Crippen LogP contribution in [0.5, 0.6) is 0 Å². The van der Waals surface area contributed by atoms with E-state index < -0.39 is 10.0 Å². The second-order valence-corrected chi connectivity index (χ2v) is 5.41. The van der Waals surface area contributed by atoms with Gasteiger partial charge in [-0.05, 0) is 25.7 Å². The first kappa shape index (κ1) is 7.55. The smallest absolute Gasteiger partial charge is 0.212 e. The van der Waals surface area contributed by atoms with Crippen molar-refractivity contribution in [3.05, 3.63) is 0 Å². The molecule has 0 unspecified atom stereocenters. The van der Waals surface area contributed by atoms with E-state index in [9.17, 15) is 8.42 Å². The van der Waals surface area contributed by atoms with Crippen molar-refractivity contribution in [2.24, 2.45) is 0 Å². The van der Waals surface area contributed by atoms with E-state index in [-0.39, 0.29) is 0 Å². The lowest BCUT2D eigenvalue weighted by Gasteiger charge is -2.25. The van der Waals surface area contributed by atoms with E-state index in [1.807, 2.05) is 0 Å². The van der Waals surface area contributed by atoms with Crippen LogP contribution in [0.25, 0.3) is 0 Å². The van der Waals surface area contributed by atoms with Crippen LogP contribution in [0.3, 0.4) is 0 Å². The number of hydrogen-bond donors (Lipinski definition) is 0. The third kappa shape index (κ3) is 1.42. The predicted octanol–water partition coefficient (Wildman–Crippen LogP) is 0.574. The zero-order valence-corrected chi connectivity index (χ0v) is 7.31. The molecule has 1 saturated carbocycles. The molecule has 11 heavy (non-hydrogen) atoms. The summed E-state index contributed by atoms with van der Waals surface area (Å²) in [5.74, 6) is 0.378. The highest BCUT2D eigenvalue weighted by atomic mass is 32.2. The van der Waals surface area contributed by atoms with Crippen LogP contribution >= 0.6 is 0 Å². The highest BCUT2D eigenvalue weighted by Gasteiger charge is 2.38. The molecule has 0 aromatic rings. The first-order valence-corrected chi connectivity index (χ1v) is 5.80. The van der Waals surface area contributed by atoms with Crippen LogP contribution in [0.2, 0.25) is 0 Å². The molecule has 0 bridgehead atoms. The predicted molar refractivity (Wildman–Crippen MR) is 42.7 cm³/mol. The average Bonchev–Trinajstić information content (AvgIpc) is 2.69. The lowest BCUT2D eigenvalue weighted by molar-refractivity contribution is 0.376. The van der Waals surface area contributed by atoms with E-state index in [0.717, 1.165) is 32.2 Å². The third-order valence-corrected chi connectivity index (χ3v) is 4.34. The van der Waals surface area contributed by atoms with Crippen LogP contribution in [-0.2, 0) is 10.0 Å². The molecular weight excluding hydrogens is 162 g/mol. The van der Waals surface area contributed by atoms with Crippen molar-refractivity contribution in [2.75, 3.05) is 12.3 Å². The fourth-order valence-corrected chi connectivity index (χ4v) is 3.46. The molecule has 0 spiro atoms. The maximum Gasteiger partial charge on any atom is 0.214 e. The van der Waals surface area contributed by atoms with Gasteiger partial charge in [0.15, 0.2) is 0 Å². The Balaban J connectivity index is 2.15. The van der Waals surface area contributed by atoms with Gasteiger partial charge in [0.1, 0.15) is 0 Å². The van der Waals surface area contributed by atoms with Gasteiger partial charge in [0.25, 0.3) is 0 Å². The van der Waals surface area contributed by atoms with Gasteiger partial charge in [-0.15, -0.1) is 0 Å². The van der Waals surface area contributed by atoms with Gasteiger partial charge in [-0.3, -0.25) is 0 Å². The molecule has 3 nitrogen and oxygen atoms in total. The number of nitrogens with zero attached hydrogens (tertiary/aromatic N) is 1. The van der Waals surface area contributed by atoms with Crippen molar-refractivity contribution in [2.45, 2.75) is 31.7 Å². The lowest BCUT2D eigenvalue weighted by Crippen LogP contribution is -2.39. The van der Waals surface area contributed by atoms with Crippen LogP contribution in [0.4, 0.5) is 0 Å². The molecule has 0 radical (unpaired) electrons. The summed E-state index contributed by atoms with van der Waals surface area (Å²) in [5.41, 5.74) is 0. The minimum absolute atomic E-state index is 0.375. The minimum atomic E-state index is -2.83. The monoisotopic (exact) mass is 175 g/mol. The quantitative estimate of drug-likeness (QED) is 0.584. The van der Waals surface area contributed by atoms with Crippen molar-refractivity contribution >= 4 is 10.0 Å². The molecule has 1 aliphatic heterocycles. The first-order chi connectivity index (χ1) is 5.20. The molecule has 2 rings (SSSR count). The van der Waals surface area contributed by atoms with E-state index in [2.05, 4.69) is 0 Å². The fraction of sp³-hybridized carbons (Fsp3) is 1.00. The summed E-state index contributed by atoms with van der Waals surface area (Å²) in [4.78, 5) is 0. The zero-order chi connectivity index (χ0) is 7.90. The van der Waals surface area contributed by atoms with Gasteiger partial charge in [-0.2, -0.15) is 4.31 Å². The Kier molecular flexibility index (Phi) is 1.68. The highest BCUT2D eigenvalue weighted by molar-refractivity contribution is 7.89. The Hall–Kier alpha value is -0.0900. The Morgan fingerprint density at radius 1 is 1.18 bits per heavy atom. The molecule has 0 amide bonds. The second-order valence-electron chi connectivity index (χ2n) is 3.37. The van der Waals surface area contributed by atoms with Gasteiger partial charge in [-0.25, -0.2) is 8.42 Å². The SMILES string of the molecule is O=S1(=O)CCCCN1C1CC1. The summed E-state index contributed by atoms with van der Waals surface area (Å²) < 4.78 is 24.5. The molecule has 1 saturated heterocycles. The summed E-state index contributed by atoms with van der Waals surface area (Å²) in [6.07, 6.45) is 4.07. The van der Waals surface area contributed by atoms with Crippen LogP contribution < -0.4 is 0 Å². The van der Waals surface area contributed by atoms with Gasteiger partial charge in [0.2, 0.25) is 10.0 Å².